The first kappa shape index (κ1) is 16.6. The second-order valence-corrected chi connectivity index (χ2v) is 5.94. The topological polar surface area (TPSA) is 115 Å². The molecule has 1 aromatic heterocycles. The number of methoxy groups -OCH3 is 1. The van der Waals surface area contributed by atoms with E-state index in [0.29, 0.717) is 19.7 Å². The molecule has 0 unspecified atom stereocenters. The lowest BCUT2D eigenvalue weighted by Gasteiger charge is -2.06. The van der Waals surface area contributed by atoms with Gasteiger partial charge in [-0.3, -0.25) is 4.79 Å². The molecule has 0 atom stereocenters. The molecule has 9 heteroatoms. The largest absolute Gasteiger partial charge is 0.383 e. The summed E-state index contributed by atoms with van der Waals surface area (Å²) in [5.74, 6) is -0.671. The molecule has 1 aromatic rings. The molecular formula is C11H20N4O4S. The van der Waals surface area contributed by atoms with Gasteiger partial charge in [0.1, 0.15) is 10.6 Å². The third kappa shape index (κ3) is 4.60. The average molecular weight is 304 g/mol. The maximum atomic E-state index is 12.0. The molecule has 0 saturated heterocycles. The fourth-order valence-corrected chi connectivity index (χ4v) is 2.68. The van der Waals surface area contributed by atoms with Gasteiger partial charge in [0.15, 0.2) is 0 Å². The van der Waals surface area contributed by atoms with E-state index in [9.17, 15) is 13.2 Å². The lowest BCUT2D eigenvalue weighted by molar-refractivity contribution is 0.0992. The SMILES string of the molecule is COCCNCCNS(=O)(=O)c1cc(C(N)=O)n(C)c1. The summed E-state index contributed by atoms with van der Waals surface area (Å²) in [4.78, 5) is 11.1. The van der Waals surface area contributed by atoms with Crippen LogP contribution in [-0.2, 0) is 21.8 Å². The van der Waals surface area contributed by atoms with Gasteiger partial charge in [0.2, 0.25) is 10.0 Å². The van der Waals surface area contributed by atoms with Crippen LogP contribution in [0.3, 0.4) is 0 Å². The fraction of sp³-hybridized carbons (Fsp3) is 0.545. The summed E-state index contributed by atoms with van der Waals surface area (Å²) in [6, 6.07) is 1.25. The molecule has 8 nitrogen and oxygen atoms in total. The van der Waals surface area contributed by atoms with E-state index in [1.165, 1.54) is 16.8 Å². The number of ether oxygens (including phenoxy) is 1. The van der Waals surface area contributed by atoms with Crippen molar-refractivity contribution >= 4 is 15.9 Å². The Bertz CT molecular complexity index is 553. The number of amides is 1. The molecule has 0 saturated carbocycles. The predicted molar refractivity (Wildman–Crippen MR) is 73.9 cm³/mol. The molecule has 1 amide bonds. The standard InChI is InChI=1S/C11H20N4O4S/c1-15-8-9(7-10(15)11(12)16)20(17,18)14-4-3-13-5-6-19-2/h7-8,13-14H,3-6H2,1-2H3,(H2,12,16). The minimum atomic E-state index is -3.64. The van der Waals surface area contributed by atoms with E-state index in [4.69, 9.17) is 10.5 Å². The molecule has 0 aliphatic rings. The minimum Gasteiger partial charge on any atom is -0.383 e. The fourth-order valence-electron chi connectivity index (χ4n) is 1.58. The number of nitrogens with zero attached hydrogens (tertiary/aromatic N) is 1. The molecule has 0 bridgehead atoms. The number of carbonyl (C=O) groups excluding carboxylic acids is 1. The average Bonchev–Trinajstić information content (AvgIpc) is 2.76. The van der Waals surface area contributed by atoms with Gasteiger partial charge in [-0.1, -0.05) is 0 Å². The molecule has 114 valence electrons. The second-order valence-electron chi connectivity index (χ2n) is 4.18. The van der Waals surface area contributed by atoms with Gasteiger partial charge in [-0.15, -0.1) is 0 Å². The monoisotopic (exact) mass is 304 g/mol. The van der Waals surface area contributed by atoms with Crippen molar-refractivity contribution in [1.82, 2.24) is 14.6 Å². The lowest BCUT2D eigenvalue weighted by atomic mass is 10.4. The summed E-state index contributed by atoms with van der Waals surface area (Å²) < 4.78 is 32.6. The third-order valence-corrected chi connectivity index (χ3v) is 4.05. The van der Waals surface area contributed by atoms with Gasteiger partial charge in [0.25, 0.3) is 5.91 Å². The van der Waals surface area contributed by atoms with Gasteiger partial charge in [0, 0.05) is 40.0 Å². The highest BCUT2D eigenvalue weighted by Crippen LogP contribution is 2.12. The molecule has 0 aromatic carbocycles. The van der Waals surface area contributed by atoms with E-state index < -0.39 is 15.9 Å². The zero-order valence-electron chi connectivity index (χ0n) is 11.5. The Morgan fingerprint density at radius 3 is 2.65 bits per heavy atom. The predicted octanol–water partition coefficient (Wildman–Crippen LogP) is -1.36. The third-order valence-electron chi connectivity index (χ3n) is 2.62. The first-order valence-corrected chi connectivity index (χ1v) is 7.52. The lowest BCUT2D eigenvalue weighted by Crippen LogP contribution is -2.33. The molecule has 0 spiro atoms. The molecule has 0 radical (unpaired) electrons. The van der Waals surface area contributed by atoms with Crippen molar-refractivity contribution < 1.29 is 17.9 Å². The number of rotatable bonds is 9. The summed E-state index contributed by atoms with van der Waals surface area (Å²) in [5, 5.41) is 3.01. The first-order valence-electron chi connectivity index (χ1n) is 6.04. The number of aryl methyl sites for hydroxylation is 1. The van der Waals surface area contributed by atoms with Crippen LogP contribution in [0.5, 0.6) is 0 Å². The van der Waals surface area contributed by atoms with Crippen LogP contribution in [0.2, 0.25) is 0 Å². The van der Waals surface area contributed by atoms with Crippen molar-refractivity contribution in [2.45, 2.75) is 4.90 Å². The Balaban J connectivity index is 2.56. The molecule has 0 aliphatic carbocycles. The summed E-state index contributed by atoms with van der Waals surface area (Å²) in [6.45, 7) is 1.94. The molecule has 1 rings (SSSR count). The maximum absolute atomic E-state index is 12.0. The van der Waals surface area contributed by atoms with Gasteiger partial charge in [0.05, 0.1) is 6.61 Å². The Morgan fingerprint density at radius 2 is 2.10 bits per heavy atom. The molecular weight excluding hydrogens is 284 g/mol. The maximum Gasteiger partial charge on any atom is 0.265 e. The smallest absolute Gasteiger partial charge is 0.265 e. The van der Waals surface area contributed by atoms with E-state index in [2.05, 4.69) is 10.0 Å². The van der Waals surface area contributed by atoms with Crippen LogP contribution in [0.4, 0.5) is 0 Å². The summed E-state index contributed by atoms with van der Waals surface area (Å²) in [7, 11) is -0.484. The Labute approximate surface area is 118 Å². The van der Waals surface area contributed by atoms with Crippen molar-refractivity contribution in [3.8, 4) is 0 Å². The van der Waals surface area contributed by atoms with Gasteiger partial charge in [-0.25, -0.2) is 13.1 Å². The summed E-state index contributed by atoms with van der Waals surface area (Å²) in [5.41, 5.74) is 5.28. The quantitative estimate of drug-likeness (QED) is 0.487. The van der Waals surface area contributed by atoms with Crippen molar-refractivity contribution in [1.29, 1.82) is 0 Å². The van der Waals surface area contributed by atoms with Gasteiger partial charge in [-0.05, 0) is 6.07 Å². The Hall–Kier alpha value is -1.42. The van der Waals surface area contributed by atoms with Gasteiger partial charge >= 0.3 is 0 Å². The van der Waals surface area contributed by atoms with Crippen molar-refractivity contribution in [3.63, 3.8) is 0 Å². The highest BCUT2D eigenvalue weighted by atomic mass is 32.2. The van der Waals surface area contributed by atoms with E-state index in [0.717, 1.165) is 0 Å². The highest BCUT2D eigenvalue weighted by Gasteiger charge is 2.18. The van der Waals surface area contributed by atoms with Crippen LogP contribution < -0.4 is 15.8 Å². The Kier molecular flexibility index (Phi) is 6.14. The Morgan fingerprint density at radius 1 is 1.40 bits per heavy atom. The van der Waals surface area contributed by atoms with Crippen LogP contribution in [0.15, 0.2) is 17.2 Å². The van der Waals surface area contributed by atoms with E-state index in [1.807, 2.05) is 0 Å². The molecule has 0 fully saturated rings. The highest BCUT2D eigenvalue weighted by molar-refractivity contribution is 7.89. The first-order chi connectivity index (χ1) is 9.38. The number of sulfonamides is 1. The summed E-state index contributed by atoms with van der Waals surface area (Å²) >= 11 is 0. The zero-order chi connectivity index (χ0) is 15.2. The van der Waals surface area contributed by atoms with Crippen LogP contribution in [0, 0.1) is 0 Å². The molecule has 0 aliphatic heterocycles. The van der Waals surface area contributed by atoms with Gasteiger partial charge in [-0.2, -0.15) is 0 Å². The number of carbonyl (C=O) groups is 1. The zero-order valence-corrected chi connectivity index (χ0v) is 12.4. The van der Waals surface area contributed by atoms with Crippen molar-refractivity contribution in [2.75, 3.05) is 33.4 Å². The number of aromatic nitrogens is 1. The van der Waals surface area contributed by atoms with Crippen LogP contribution in [0.1, 0.15) is 10.5 Å². The van der Waals surface area contributed by atoms with Crippen molar-refractivity contribution in [2.24, 2.45) is 12.8 Å². The number of nitrogens with one attached hydrogen (secondary N) is 2. The number of hydrogen-bond acceptors (Lipinski definition) is 5. The summed E-state index contributed by atoms with van der Waals surface area (Å²) in [6.07, 6.45) is 1.35. The van der Waals surface area contributed by atoms with E-state index in [-0.39, 0.29) is 17.1 Å². The van der Waals surface area contributed by atoms with Crippen molar-refractivity contribution in [3.05, 3.63) is 18.0 Å². The van der Waals surface area contributed by atoms with E-state index >= 15 is 0 Å². The van der Waals surface area contributed by atoms with Crippen LogP contribution in [-0.4, -0.2) is 52.2 Å². The number of primary amides is 1. The molecule has 1 heterocycles. The van der Waals surface area contributed by atoms with Crippen LogP contribution >= 0.6 is 0 Å². The van der Waals surface area contributed by atoms with E-state index in [1.54, 1.807) is 14.2 Å². The van der Waals surface area contributed by atoms with Crippen LogP contribution in [0.25, 0.3) is 0 Å². The number of hydrogen-bond donors (Lipinski definition) is 3. The molecule has 4 N–H and O–H groups in total. The van der Waals surface area contributed by atoms with Gasteiger partial charge < -0.3 is 20.4 Å². The minimum absolute atomic E-state index is 0.0192. The normalized spacial score (nSPS) is 11.7. The molecule has 20 heavy (non-hydrogen) atoms. The second kappa shape index (κ2) is 7.39. The number of nitrogens with two attached hydrogens (primary N) is 1.